The Morgan fingerprint density at radius 2 is 2.11 bits per heavy atom. The molecule has 19 heavy (non-hydrogen) atoms. The van der Waals surface area contributed by atoms with Gasteiger partial charge in [-0.1, -0.05) is 0 Å². The first-order valence-electron chi connectivity index (χ1n) is 6.40. The van der Waals surface area contributed by atoms with E-state index in [0.717, 1.165) is 31.9 Å². The molecule has 2 N–H and O–H groups in total. The summed E-state index contributed by atoms with van der Waals surface area (Å²) in [5.41, 5.74) is 0.794. The van der Waals surface area contributed by atoms with Crippen LogP contribution in [0.5, 0.6) is 0 Å². The molecule has 8 heteroatoms. The van der Waals surface area contributed by atoms with Crippen LogP contribution in [0.1, 0.15) is 5.69 Å². The third-order valence-electron chi connectivity index (χ3n) is 3.15. The Hall–Kier alpha value is -1.12. The van der Waals surface area contributed by atoms with Gasteiger partial charge < -0.3 is 5.32 Å². The van der Waals surface area contributed by atoms with Crippen LogP contribution >= 0.6 is 0 Å². The van der Waals surface area contributed by atoms with Crippen LogP contribution in [0, 0.1) is 6.92 Å². The molecule has 2 heterocycles. The number of rotatable bonds is 5. The summed E-state index contributed by atoms with van der Waals surface area (Å²) in [5.74, 6) is 0.620. The molecule has 0 amide bonds. The number of aryl methyl sites for hydroxylation is 2. The first-order valence-corrected chi connectivity index (χ1v) is 8.06. The van der Waals surface area contributed by atoms with Crippen LogP contribution in [-0.2, 0) is 17.1 Å². The second kappa shape index (κ2) is 5.89. The summed E-state index contributed by atoms with van der Waals surface area (Å²) in [5, 5.41) is 7.36. The predicted octanol–water partition coefficient (Wildman–Crippen LogP) is -0.625. The van der Waals surface area contributed by atoms with Crippen LogP contribution in [-0.4, -0.2) is 61.6 Å². The summed E-state index contributed by atoms with van der Waals surface area (Å²) >= 11 is 0. The van der Waals surface area contributed by atoms with Crippen molar-refractivity contribution in [3.8, 4) is 0 Å². The van der Waals surface area contributed by atoms with Gasteiger partial charge in [-0.15, -0.1) is 0 Å². The van der Waals surface area contributed by atoms with Crippen molar-refractivity contribution in [2.24, 2.45) is 7.05 Å². The molecular formula is C11H21N5O2S. The minimum Gasteiger partial charge on any atom is -0.314 e. The summed E-state index contributed by atoms with van der Waals surface area (Å²) in [4.78, 5) is 2.16. The zero-order valence-corrected chi connectivity index (χ0v) is 12.2. The molecule has 108 valence electrons. The molecule has 0 radical (unpaired) electrons. The summed E-state index contributed by atoms with van der Waals surface area (Å²) in [7, 11) is -1.59. The highest BCUT2D eigenvalue weighted by molar-refractivity contribution is 7.92. The van der Waals surface area contributed by atoms with Crippen LogP contribution < -0.4 is 10.0 Å². The van der Waals surface area contributed by atoms with Crippen molar-refractivity contribution in [2.45, 2.75) is 6.92 Å². The molecule has 7 nitrogen and oxygen atoms in total. The highest BCUT2D eigenvalue weighted by atomic mass is 32.2. The Morgan fingerprint density at radius 1 is 1.42 bits per heavy atom. The third kappa shape index (κ3) is 4.19. The molecule has 1 aliphatic heterocycles. The van der Waals surface area contributed by atoms with Gasteiger partial charge >= 0.3 is 0 Å². The van der Waals surface area contributed by atoms with Crippen molar-refractivity contribution in [1.82, 2.24) is 20.0 Å². The Morgan fingerprint density at radius 3 is 2.68 bits per heavy atom. The van der Waals surface area contributed by atoms with Crippen molar-refractivity contribution in [3.63, 3.8) is 0 Å². The largest absolute Gasteiger partial charge is 0.314 e. The first-order chi connectivity index (χ1) is 8.96. The molecule has 2 rings (SSSR count). The van der Waals surface area contributed by atoms with E-state index in [1.165, 1.54) is 4.68 Å². The van der Waals surface area contributed by atoms with E-state index >= 15 is 0 Å². The Bertz CT molecular complexity index is 519. The molecular weight excluding hydrogens is 266 g/mol. The molecule has 1 aromatic rings. The zero-order chi connectivity index (χ0) is 13.9. The highest BCUT2D eigenvalue weighted by Crippen LogP contribution is 2.10. The lowest BCUT2D eigenvalue weighted by molar-refractivity contribution is 0.254. The van der Waals surface area contributed by atoms with Gasteiger partial charge in [-0.2, -0.15) is 5.10 Å². The van der Waals surface area contributed by atoms with Gasteiger partial charge in [0.15, 0.2) is 0 Å². The van der Waals surface area contributed by atoms with Gasteiger partial charge in [-0.25, -0.2) is 8.42 Å². The van der Waals surface area contributed by atoms with Gasteiger partial charge in [-0.05, 0) is 6.92 Å². The smallest absolute Gasteiger partial charge is 0.235 e. The van der Waals surface area contributed by atoms with E-state index in [9.17, 15) is 8.42 Å². The van der Waals surface area contributed by atoms with Crippen LogP contribution in [0.15, 0.2) is 6.07 Å². The van der Waals surface area contributed by atoms with Crippen molar-refractivity contribution in [2.75, 3.05) is 43.2 Å². The fraction of sp³-hybridized carbons (Fsp3) is 0.727. The Balaban J connectivity index is 1.89. The number of anilines is 1. The Kier molecular flexibility index (Phi) is 4.43. The third-order valence-corrected chi connectivity index (χ3v) is 4.39. The summed E-state index contributed by atoms with van der Waals surface area (Å²) in [6.07, 6.45) is 0. The molecule has 0 saturated carbocycles. The quantitative estimate of drug-likeness (QED) is 0.754. The van der Waals surface area contributed by atoms with Crippen LogP contribution in [0.3, 0.4) is 0 Å². The molecule has 1 saturated heterocycles. The van der Waals surface area contributed by atoms with Crippen molar-refractivity contribution < 1.29 is 8.42 Å². The average molecular weight is 287 g/mol. The maximum Gasteiger partial charge on any atom is 0.235 e. The molecule has 0 unspecified atom stereocenters. The average Bonchev–Trinajstić information content (AvgIpc) is 2.66. The summed E-state index contributed by atoms with van der Waals surface area (Å²) < 4.78 is 28.1. The zero-order valence-electron chi connectivity index (χ0n) is 11.4. The molecule has 0 spiro atoms. The second-order valence-corrected chi connectivity index (χ2v) is 6.65. The monoisotopic (exact) mass is 287 g/mol. The van der Waals surface area contributed by atoms with E-state index in [0.29, 0.717) is 12.4 Å². The van der Waals surface area contributed by atoms with Crippen molar-refractivity contribution in [1.29, 1.82) is 0 Å². The van der Waals surface area contributed by atoms with Crippen LogP contribution in [0.4, 0.5) is 5.82 Å². The lowest BCUT2D eigenvalue weighted by Crippen LogP contribution is -2.45. The maximum absolute atomic E-state index is 12.0. The first kappa shape index (κ1) is 14.3. The number of hydrogen-bond donors (Lipinski definition) is 2. The minimum absolute atomic E-state index is 0.108. The molecule has 1 aliphatic rings. The summed E-state index contributed by atoms with van der Waals surface area (Å²) in [6, 6.07) is 1.72. The fourth-order valence-electron chi connectivity index (χ4n) is 2.10. The van der Waals surface area contributed by atoms with Gasteiger partial charge in [0.2, 0.25) is 10.0 Å². The topological polar surface area (TPSA) is 79.3 Å². The van der Waals surface area contributed by atoms with Crippen molar-refractivity contribution in [3.05, 3.63) is 11.8 Å². The number of piperazine rings is 1. The number of aromatic nitrogens is 2. The lowest BCUT2D eigenvalue weighted by atomic mass is 10.4. The van der Waals surface area contributed by atoms with Gasteiger partial charge in [0, 0.05) is 45.8 Å². The van der Waals surface area contributed by atoms with Gasteiger partial charge in [0.1, 0.15) is 5.82 Å². The Labute approximate surface area is 114 Å². The summed E-state index contributed by atoms with van der Waals surface area (Å²) in [6.45, 7) is 6.05. The van der Waals surface area contributed by atoms with Crippen LogP contribution in [0.2, 0.25) is 0 Å². The standard InChI is InChI=1S/C11H21N5O2S/c1-10-9-11(15(2)13-10)14-19(17,18)8-7-16-5-3-12-4-6-16/h9,12,14H,3-8H2,1-2H3. The van der Waals surface area contributed by atoms with E-state index in [1.54, 1.807) is 13.1 Å². The molecule has 0 bridgehead atoms. The van der Waals surface area contributed by atoms with E-state index in [4.69, 9.17) is 0 Å². The predicted molar refractivity (Wildman–Crippen MR) is 74.7 cm³/mol. The van der Waals surface area contributed by atoms with Crippen LogP contribution in [0.25, 0.3) is 0 Å². The number of nitrogens with zero attached hydrogens (tertiary/aromatic N) is 3. The second-order valence-electron chi connectivity index (χ2n) is 4.81. The number of hydrogen-bond acceptors (Lipinski definition) is 5. The van der Waals surface area contributed by atoms with Crippen molar-refractivity contribution >= 4 is 15.8 Å². The minimum atomic E-state index is -3.32. The van der Waals surface area contributed by atoms with E-state index in [-0.39, 0.29) is 5.75 Å². The molecule has 0 aliphatic carbocycles. The normalized spacial score (nSPS) is 17.6. The van der Waals surface area contributed by atoms with Gasteiger partial charge in [-0.3, -0.25) is 14.3 Å². The van der Waals surface area contributed by atoms with E-state index in [1.807, 2.05) is 6.92 Å². The van der Waals surface area contributed by atoms with Gasteiger partial charge in [0.25, 0.3) is 0 Å². The fourth-order valence-corrected chi connectivity index (χ4v) is 3.21. The number of sulfonamides is 1. The molecule has 0 atom stereocenters. The highest BCUT2D eigenvalue weighted by Gasteiger charge is 2.16. The van der Waals surface area contributed by atoms with E-state index < -0.39 is 10.0 Å². The number of nitrogens with one attached hydrogen (secondary N) is 2. The maximum atomic E-state index is 12.0. The SMILES string of the molecule is Cc1cc(NS(=O)(=O)CCN2CCNCC2)n(C)n1. The molecule has 1 fully saturated rings. The molecule has 0 aromatic carbocycles. The van der Waals surface area contributed by atoms with Gasteiger partial charge in [0.05, 0.1) is 11.4 Å². The van der Waals surface area contributed by atoms with E-state index in [2.05, 4.69) is 20.0 Å². The lowest BCUT2D eigenvalue weighted by Gasteiger charge is -2.26. The molecule has 1 aromatic heterocycles.